The molecule has 0 fully saturated rings. The standard InChI is InChI=1S/C14H21Br2NO2/c1-10(2)3-4-18-5-6-19-14-12(15)7-11(9-17)8-13(14)16/h7-8,10H,3-6,9,17H2,1-2H3. The zero-order valence-corrected chi connectivity index (χ0v) is 14.6. The van der Waals surface area contributed by atoms with Crippen molar-refractivity contribution in [2.24, 2.45) is 11.7 Å². The van der Waals surface area contributed by atoms with Crippen molar-refractivity contribution in [2.75, 3.05) is 19.8 Å². The smallest absolute Gasteiger partial charge is 0.147 e. The fourth-order valence-electron chi connectivity index (χ4n) is 1.49. The molecule has 0 saturated heterocycles. The number of halogens is 2. The molecule has 0 atom stereocenters. The van der Waals surface area contributed by atoms with E-state index in [0.29, 0.717) is 25.7 Å². The summed E-state index contributed by atoms with van der Waals surface area (Å²) >= 11 is 6.98. The minimum atomic E-state index is 0.510. The molecule has 0 aliphatic rings. The average Bonchev–Trinajstić information content (AvgIpc) is 2.35. The van der Waals surface area contributed by atoms with Crippen LogP contribution < -0.4 is 10.5 Å². The van der Waals surface area contributed by atoms with Crippen molar-refractivity contribution in [3.05, 3.63) is 26.6 Å². The van der Waals surface area contributed by atoms with Gasteiger partial charge in [0.15, 0.2) is 0 Å². The Morgan fingerprint density at radius 3 is 2.26 bits per heavy atom. The molecule has 0 amide bonds. The molecule has 1 aromatic carbocycles. The Labute approximate surface area is 132 Å². The number of nitrogens with two attached hydrogens (primary N) is 1. The first-order valence-corrected chi connectivity index (χ1v) is 8.01. The molecule has 19 heavy (non-hydrogen) atoms. The summed E-state index contributed by atoms with van der Waals surface area (Å²) in [6.45, 7) is 6.81. The van der Waals surface area contributed by atoms with Gasteiger partial charge in [0.2, 0.25) is 0 Å². The van der Waals surface area contributed by atoms with Crippen LogP contribution in [-0.4, -0.2) is 19.8 Å². The summed E-state index contributed by atoms with van der Waals surface area (Å²) in [5.74, 6) is 1.47. The molecule has 1 rings (SSSR count). The predicted octanol–water partition coefficient (Wildman–Crippen LogP) is 4.11. The fourth-order valence-corrected chi connectivity index (χ4v) is 3.00. The summed E-state index contributed by atoms with van der Waals surface area (Å²) in [6.07, 6.45) is 1.08. The van der Waals surface area contributed by atoms with Gasteiger partial charge in [0, 0.05) is 13.2 Å². The maximum atomic E-state index is 5.71. The molecule has 2 N–H and O–H groups in total. The summed E-state index contributed by atoms with van der Waals surface area (Å²) in [5.41, 5.74) is 6.67. The largest absolute Gasteiger partial charge is 0.489 e. The normalized spacial score (nSPS) is 11.1. The average molecular weight is 395 g/mol. The van der Waals surface area contributed by atoms with E-state index in [0.717, 1.165) is 33.3 Å². The lowest BCUT2D eigenvalue weighted by molar-refractivity contribution is 0.0921. The van der Waals surface area contributed by atoms with E-state index < -0.39 is 0 Å². The highest BCUT2D eigenvalue weighted by Crippen LogP contribution is 2.34. The number of benzene rings is 1. The van der Waals surface area contributed by atoms with Crippen LogP contribution in [0.2, 0.25) is 0 Å². The van der Waals surface area contributed by atoms with Gasteiger partial charge >= 0.3 is 0 Å². The lowest BCUT2D eigenvalue weighted by Gasteiger charge is -2.12. The van der Waals surface area contributed by atoms with Crippen LogP contribution in [0.3, 0.4) is 0 Å². The molecule has 0 aromatic heterocycles. The van der Waals surface area contributed by atoms with E-state index in [9.17, 15) is 0 Å². The van der Waals surface area contributed by atoms with Crippen LogP contribution in [0.25, 0.3) is 0 Å². The van der Waals surface area contributed by atoms with Crippen molar-refractivity contribution >= 4 is 31.9 Å². The summed E-state index contributed by atoms with van der Waals surface area (Å²) in [6, 6.07) is 3.94. The second-order valence-electron chi connectivity index (χ2n) is 4.74. The number of hydrogen-bond donors (Lipinski definition) is 1. The highest BCUT2D eigenvalue weighted by atomic mass is 79.9. The van der Waals surface area contributed by atoms with E-state index >= 15 is 0 Å². The molecule has 0 spiro atoms. The molecule has 0 radical (unpaired) electrons. The van der Waals surface area contributed by atoms with Crippen LogP contribution in [0.15, 0.2) is 21.1 Å². The third-order valence-electron chi connectivity index (χ3n) is 2.61. The van der Waals surface area contributed by atoms with Crippen molar-refractivity contribution in [3.8, 4) is 5.75 Å². The van der Waals surface area contributed by atoms with Crippen molar-refractivity contribution in [1.82, 2.24) is 0 Å². The fraction of sp³-hybridized carbons (Fsp3) is 0.571. The van der Waals surface area contributed by atoms with E-state index in [1.54, 1.807) is 0 Å². The molecular weight excluding hydrogens is 374 g/mol. The summed E-state index contributed by atoms with van der Waals surface area (Å²) in [7, 11) is 0. The van der Waals surface area contributed by atoms with Gasteiger partial charge in [-0.2, -0.15) is 0 Å². The number of ether oxygens (including phenoxy) is 2. The molecule has 0 aliphatic carbocycles. The zero-order valence-electron chi connectivity index (χ0n) is 11.4. The van der Waals surface area contributed by atoms with Crippen molar-refractivity contribution < 1.29 is 9.47 Å². The molecule has 0 heterocycles. The first kappa shape index (κ1) is 17.0. The maximum absolute atomic E-state index is 5.71. The van der Waals surface area contributed by atoms with Crippen LogP contribution in [0.5, 0.6) is 5.75 Å². The molecule has 1 aromatic rings. The number of hydrogen-bond acceptors (Lipinski definition) is 3. The summed E-state index contributed by atoms with van der Waals surface area (Å²) in [4.78, 5) is 0. The Morgan fingerprint density at radius 2 is 1.74 bits per heavy atom. The molecule has 108 valence electrons. The first-order valence-electron chi connectivity index (χ1n) is 6.43. The Hall–Kier alpha value is -0.100. The molecule has 3 nitrogen and oxygen atoms in total. The van der Waals surface area contributed by atoms with Gasteiger partial charge in [0.05, 0.1) is 15.6 Å². The summed E-state index contributed by atoms with van der Waals surface area (Å²) in [5, 5.41) is 0. The Kier molecular flexibility index (Phi) is 7.99. The van der Waals surface area contributed by atoms with Crippen LogP contribution in [-0.2, 0) is 11.3 Å². The third-order valence-corrected chi connectivity index (χ3v) is 3.79. The quantitative estimate of drug-likeness (QED) is 0.674. The van der Waals surface area contributed by atoms with Crippen LogP contribution in [0.1, 0.15) is 25.8 Å². The van der Waals surface area contributed by atoms with Gasteiger partial charge in [-0.25, -0.2) is 0 Å². The molecular formula is C14H21Br2NO2. The lowest BCUT2D eigenvalue weighted by atomic mass is 10.1. The third kappa shape index (κ3) is 6.25. The van der Waals surface area contributed by atoms with E-state index in [1.807, 2.05) is 12.1 Å². The molecule has 0 unspecified atom stereocenters. The molecule has 0 saturated carbocycles. The van der Waals surface area contributed by atoms with Gasteiger partial charge in [0.1, 0.15) is 12.4 Å². The second kappa shape index (κ2) is 8.95. The van der Waals surface area contributed by atoms with E-state index in [4.69, 9.17) is 15.2 Å². The predicted molar refractivity (Wildman–Crippen MR) is 85.5 cm³/mol. The topological polar surface area (TPSA) is 44.5 Å². The van der Waals surface area contributed by atoms with Gasteiger partial charge in [-0.1, -0.05) is 13.8 Å². The Balaban J connectivity index is 2.37. The SMILES string of the molecule is CC(C)CCOCCOc1c(Br)cc(CN)cc1Br. The maximum Gasteiger partial charge on any atom is 0.147 e. The molecule has 0 aliphatic heterocycles. The van der Waals surface area contributed by atoms with E-state index in [-0.39, 0.29) is 0 Å². The van der Waals surface area contributed by atoms with Crippen molar-refractivity contribution in [1.29, 1.82) is 0 Å². The van der Waals surface area contributed by atoms with Gasteiger partial charge in [-0.3, -0.25) is 0 Å². The van der Waals surface area contributed by atoms with Gasteiger partial charge in [0.25, 0.3) is 0 Å². The molecule has 0 bridgehead atoms. The van der Waals surface area contributed by atoms with E-state index in [1.165, 1.54) is 0 Å². The highest BCUT2D eigenvalue weighted by Gasteiger charge is 2.08. The number of rotatable bonds is 8. The second-order valence-corrected chi connectivity index (χ2v) is 6.44. The minimum absolute atomic E-state index is 0.510. The Bertz CT molecular complexity index is 374. The lowest BCUT2D eigenvalue weighted by Crippen LogP contribution is -2.09. The monoisotopic (exact) mass is 393 g/mol. The van der Waals surface area contributed by atoms with Crippen molar-refractivity contribution in [2.45, 2.75) is 26.8 Å². The summed E-state index contributed by atoms with van der Waals surface area (Å²) < 4.78 is 13.0. The van der Waals surface area contributed by atoms with Gasteiger partial charge in [-0.15, -0.1) is 0 Å². The molecule has 5 heteroatoms. The van der Waals surface area contributed by atoms with Gasteiger partial charge in [-0.05, 0) is 61.9 Å². The van der Waals surface area contributed by atoms with Crippen LogP contribution in [0, 0.1) is 5.92 Å². The van der Waals surface area contributed by atoms with Crippen molar-refractivity contribution in [3.63, 3.8) is 0 Å². The first-order chi connectivity index (χ1) is 9.04. The van der Waals surface area contributed by atoms with Crippen LogP contribution in [0.4, 0.5) is 0 Å². The van der Waals surface area contributed by atoms with E-state index in [2.05, 4.69) is 45.7 Å². The highest BCUT2D eigenvalue weighted by molar-refractivity contribution is 9.11. The zero-order chi connectivity index (χ0) is 14.3. The Morgan fingerprint density at radius 1 is 1.11 bits per heavy atom. The minimum Gasteiger partial charge on any atom is -0.489 e. The van der Waals surface area contributed by atoms with Crippen LogP contribution >= 0.6 is 31.9 Å². The van der Waals surface area contributed by atoms with Gasteiger partial charge < -0.3 is 15.2 Å².